The summed E-state index contributed by atoms with van der Waals surface area (Å²) >= 11 is 0. The number of nitrogens with one attached hydrogen (secondary N) is 2. The van der Waals surface area contributed by atoms with Crippen LogP contribution >= 0.6 is 0 Å². The predicted octanol–water partition coefficient (Wildman–Crippen LogP) is 3.51. The molecule has 3 N–H and O–H groups in total. The lowest BCUT2D eigenvalue weighted by atomic mass is 9.83. The first-order chi connectivity index (χ1) is 16.5. The zero-order valence-electron chi connectivity index (χ0n) is 19.5. The molecule has 1 aromatic carbocycles. The topological polar surface area (TPSA) is 121 Å². The van der Waals surface area contributed by atoms with E-state index in [4.69, 9.17) is 9.72 Å². The maximum atomic E-state index is 9.98. The highest BCUT2D eigenvalue weighted by Gasteiger charge is 2.36. The summed E-state index contributed by atoms with van der Waals surface area (Å²) in [7, 11) is 0. The van der Waals surface area contributed by atoms with Crippen molar-refractivity contribution in [2.45, 2.75) is 51.2 Å². The van der Waals surface area contributed by atoms with Crippen molar-refractivity contribution in [3.05, 3.63) is 47.3 Å². The third kappa shape index (κ3) is 4.22. The summed E-state index contributed by atoms with van der Waals surface area (Å²) in [6.07, 6.45) is 5.18. The van der Waals surface area contributed by atoms with Crippen molar-refractivity contribution >= 4 is 17.5 Å². The molecule has 9 nitrogen and oxygen atoms in total. The fourth-order valence-electron chi connectivity index (χ4n) is 4.69. The number of anilines is 3. The van der Waals surface area contributed by atoms with Gasteiger partial charge in [-0.2, -0.15) is 10.4 Å². The summed E-state index contributed by atoms with van der Waals surface area (Å²) in [6, 6.07) is 9.91. The van der Waals surface area contributed by atoms with Crippen LogP contribution in [0.4, 0.5) is 17.5 Å². The monoisotopic (exact) mass is 459 g/mol. The number of hydrogen-bond donors (Lipinski definition) is 3. The van der Waals surface area contributed by atoms with E-state index in [1.165, 1.54) is 6.42 Å². The van der Waals surface area contributed by atoms with Crippen molar-refractivity contribution in [1.82, 2.24) is 19.7 Å². The second-order valence-corrected chi connectivity index (χ2v) is 9.36. The Morgan fingerprint density at radius 2 is 2.24 bits per heavy atom. The number of rotatable bonds is 6. The van der Waals surface area contributed by atoms with Gasteiger partial charge >= 0.3 is 0 Å². The number of ether oxygens (including phenoxy) is 1. The molecule has 34 heavy (non-hydrogen) atoms. The van der Waals surface area contributed by atoms with E-state index in [2.05, 4.69) is 26.8 Å². The highest BCUT2D eigenvalue weighted by atomic mass is 16.5. The van der Waals surface area contributed by atoms with Gasteiger partial charge in [-0.05, 0) is 49.9 Å². The molecule has 5 rings (SSSR count). The van der Waals surface area contributed by atoms with E-state index in [1.807, 2.05) is 42.8 Å². The molecule has 2 aliphatic rings. The molecular weight excluding hydrogens is 430 g/mol. The second-order valence-electron chi connectivity index (χ2n) is 9.36. The van der Waals surface area contributed by atoms with Gasteiger partial charge in [-0.15, -0.1) is 0 Å². The average Bonchev–Trinajstić information content (AvgIpc) is 3.38. The highest BCUT2D eigenvalue weighted by molar-refractivity contribution is 5.76. The minimum absolute atomic E-state index is 0.00799. The molecule has 2 aliphatic heterocycles. The fraction of sp³-hybridized carbons (Fsp3) is 0.440. The number of aliphatic hydroxyl groups is 1. The van der Waals surface area contributed by atoms with Crippen LogP contribution in [0.3, 0.4) is 0 Å². The number of aromatic nitrogens is 4. The molecule has 0 saturated carbocycles. The molecule has 1 fully saturated rings. The molecule has 0 spiro atoms. The standard InChI is InChI=1S/C25H29N7O2/c1-16-9-22(32(31-16)13-19-5-3-4-8-34-19)30-24-27-7-6-21(29-24)17-10-18(12-26)23-20(11-17)25(2,15-33)14-28-23/h6-7,9-11,19,28,33H,3-5,8,13-15H2,1-2H3,(H,27,29,30)/t19?,25-/m1/s1. The van der Waals surface area contributed by atoms with Crippen LogP contribution < -0.4 is 10.6 Å². The maximum absolute atomic E-state index is 9.98. The molecule has 9 heteroatoms. The van der Waals surface area contributed by atoms with Crippen LogP contribution in [-0.2, 0) is 16.7 Å². The van der Waals surface area contributed by atoms with Crippen LogP contribution in [0.5, 0.6) is 0 Å². The summed E-state index contributed by atoms with van der Waals surface area (Å²) in [5.41, 5.74) is 4.22. The fourth-order valence-corrected chi connectivity index (χ4v) is 4.69. The molecule has 2 aromatic heterocycles. The van der Waals surface area contributed by atoms with Crippen LogP contribution in [0.1, 0.15) is 43.0 Å². The number of aliphatic hydroxyl groups excluding tert-OH is 1. The van der Waals surface area contributed by atoms with E-state index in [1.54, 1.807) is 6.20 Å². The Balaban J connectivity index is 1.44. The van der Waals surface area contributed by atoms with Gasteiger partial charge in [0.15, 0.2) is 0 Å². The summed E-state index contributed by atoms with van der Waals surface area (Å²) in [6.45, 7) is 6.01. The molecule has 0 aliphatic carbocycles. The van der Waals surface area contributed by atoms with Crippen LogP contribution in [0.25, 0.3) is 11.3 Å². The number of fused-ring (bicyclic) bond motifs is 1. The van der Waals surface area contributed by atoms with Gasteiger partial charge in [0.2, 0.25) is 5.95 Å². The van der Waals surface area contributed by atoms with Gasteiger partial charge in [0.05, 0.1) is 41.9 Å². The predicted molar refractivity (Wildman–Crippen MR) is 129 cm³/mol. The molecule has 0 bridgehead atoms. The van der Waals surface area contributed by atoms with Crippen LogP contribution in [0, 0.1) is 18.3 Å². The average molecular weight is 460 g/mol. The zero-order valence-corrected chi connectivity index (χ0v) is 19.5. The molecular formula is C25H29N7O2. The molecule has 1 saturated heterocycles. The van der Waals surface area contributed by atoms with E-state index in [9.17, 15) is 10.4 Å². The van der Waals surface area contributed by atoms with E-state index in [0.717, 1.165) is 47.8 Å². The first kappa shape index (κ1) is 22.3. The maximum Gasteiger partial charge on any atom is 0.228 e. The second kappa shape index (κ2) is 9.05. The van der Waals surface area contributed by atoms with Crippen molar-refractivity contribution in [3.63, 3.8) is 0 Å². The Bertz CT molecular complexity index is 1240. The van der Waals surface area contributed by atoms with Gasteiger partial charge in [-0.1, -0.05) is 6.92 Å². The van der Waals surface area contributed by atoms with E-state index < -0.39 is 5.41 Å². The first-order valence-electron chi connectivity index (χ1n) is 11.7. The number of nitriles is 1. The quantitative estimate of drug-likeness (QED) is 0.512. The number of aryl methyl sites for hydroxylation is 1. The lowest BCUT2D eigenvalue weighted by Gasteiger charge is -2.23. The lowest BCUT2D eigenvalue weighted by molar-refractivity contribution is 0.00432. The van der Waals surface area contributed by atoms with Crippen molar-refractivity contribution in [1.29, 1.82) is 5.26 Å². The Morgan fingerprint density at radius 1 is 1.35 bits per heavy atom. The van der Waals surface area contributed by atoms with E-state index in [0.29, 0.717) is 30.3 Å². The van der Waals surface area contributed by atoms with Gasteiger partial charge in [-0.25, -0.2) is 14.6 Å². The summed E-state index contributed by atoms with van der Waals surface area (Å²) in [5.74, 6) is 1.26. The minimum Gasteiger partial charge on any atom is -0.395 e. The highest BCUT2D eigenvalue weighted by Crippen LogP contribution is 2.41. The van der Waals surface area contributed by atoms with Crippen LogP contribution in [0.15, 0.2) is 30.5 Å². The lowest BCUT2D eigenvalue weighted by Crippen LogP contribution is -2.28. The van der Waals surface area contributed by atoms with Gasteiger partial charge in [-0.3, -0.25) is 0 Å². The minimum atomic E-state index is -0.448. The normalized spacial score (nSPS) is 21.5. The molecule has 0 radical (unpaired) electrons. The third-order valence-corrected chi connectivity index (χ3v) is 6.66. The summed E-state index contributed by atoms with van der Waals surface area (Å²) in [5, 5.41) is 30.9. The molecule has 1 unspecified atom stereocenters. The van der Waals surface area contributed by atoms with Crippen LogP contribution in [-0.4, -0.2) is 50.7 Å². The largest absolute Gasteiger partial charge is 0.395 e. The van der Waals surface area contributed by atoms with Gasteiger partial charge < -0.3 is 20.5 Å². The smallest absolute Gasteiger partial charge is 0.228 e. The SMILES string of the molecule is Cc1cc(Nc2nccc(-c3cc(C#N)c4c(c3)[C@@](C)(CO)CN4)n2)n(CC2CCCCO2)n1. The van der Waals surface area contributed by atoms with Crippen molar-refractivity contribution in [2.24, 2.45) is 0 Å². The van der Waals surface area contributed by atoms with Crippen molar-refractivity contribution in [2.75, 3.05) is 30.4 Å². The summed E-state index contributed by atoms with van der Waals surface area (Å²) in [4.78, 5) is 9.13. The van der Waals surface area contributed by atoms with Gasteiger partial charge in [0.1, 0.15) is 11.9 Å². The molecule has 0 amide bonds. The third-order valence-electron chi connectivity index (χ3n) is 6.66. The van der Waals surface area contributed by atoms with Gasteiger partial charge in [0.25, 0.3) is 0 Å². The van der Waals surface area contributed by atoms with E-state index >= 15 is 0 Å². The van der Waals surface area contributed by atoms with Crippen molar-refractivity contribution < 1.29 is 9.84 Å². The number of nitrogens with zero attached hydrogens (tertiary/aromatic N) is 5. The molecule has 4 heterocycles. The molecule has 176 valence electrons. The number of hydrogen-bond acceptors (Lipinski definition) is 8. The Morgan fingerprint density at radius 3 is 3.00 bits per heavy atom. The Labute approximate surface area is 198 Å². The van der Waals surface area contributed by atoms with Crippen LogP contribution in [0.2, 0.25) is 0 Å². The molecule has 3 aromatic rings. The summed E-state index contributed by atoms with van der Waals surface area (Å²) < 4.78 is 7.81. The van der Waals surface area contributed by atoms with Gasteiger partial charge in [0, 0.05) is 36.4 Å². The Kier molecular flexibility index (Phi) is 5.94. The first-order valence-corrected chi connectivity index (χ1v) is 11.7. The number of benzene rings is 1. The Hall–Kier alpha value is -3.48. The molecule has 2 atom stereocenters. The zero-order chi connectivity index (χ0) is 23.7. The van der Waals surface area contributed by atoms with Crippen molar-refractivity contribution in [3.8, 4) is 17.3 Å². The van der Waals surface area contributed by atoms with E-state index in [-0.39, 0.29) is 12.7 Å².